The second-order valence-electron chi connectivity index (χ2n) is 5.12. The Morgan fingerprint density at radius 2 is 2.10 bits per heavy atom. The molecule has 0 amide bonds. The average Bonchev–Trinajstić information content (AvgIpc) is 3.17. The van der Waals surface area contributed by atoms with Gasteiger partial charge in [-0.1, -0.05) is 12.1 Å². The molecule has 6 heteroatoms. The third-order valence-electron chi connectivity index (χ3n) is 3.45. The van der Waals surface area contributed by atoms with Crippen LogP contribution in [0.2, 0.25) is 0 Å². The standard InChI is InChI=1S/C14H15N3O2S/c15-12(13-8-20-14(16-13)10-3-4-10)7-9-1-5-11(6-2-9)17(18)19/h1-2,5-6,8,10,12H,3-4,7,15H2. The summed E-state index contributed by atoms with van der Waals surface area (Å²) >= 11 is 1.68. The Balaban J connectivity index is 1.67. The molecule has 0 spiro atoms. The first kappa shape index (κ1) is 13.2. The van der Waals surface area contributed by atoms with Gasteiger partial charge < -0.3 is 5.73 Å². The maximum Gasteiger partial charge on any atom is 0.269 e. The number of nitro groups is 1. The minimum absolute atomic E-state index is 0.104. The van der Waals surface area contributed by atoms with Gasteiger partial charge in [-0.25, -0.2) is 4.98 Å². The number of nitrogens with zero attached hydrogens (tertiary/aromatic N) is 2. The van der Waals surface area contributed by atoms with Crippen molar-refractivity contribution in [2.75, 3.05) is 0 Å². The third-order valence-corrected chi connectivity index (χ3v) is 4.47. The maximum atomic E-state index is 10.6. The summed E-state index contributed by atoms with van der Waals surface area (Å²) in [6, 6.07) is 6.38. The monoisotopic (exact) mass is 289 g/mol. The molecule has 0 aliphatic heterocycles. The van der Waals surface area contributed by atoms with Crippen LogP contribution in [0.1, 0.15) is 41.1 Å². The summed E-state index contributed by atoms with van der Waals surface area (Å²) in [6.45, 7) is 0. The van der Waals surface area contributed by atoms with Crippen molar-refractivity contribution in [3.05, 3.63) is 56.0 Å². The van der Waals surface area contributed by atoms with Crippen LogP contribution in [0.25, 0.3) is 0 Å². The van der Waals surface area contributed by atoms with Gasteiger partial charge in [0.25, 0.3) is 5.69 Å². The molecule has 104 valence electrons. The predicted molar refractivity (Wildman–Crippen MR) is 77.8 cm³/mol. The molecule has 1 atom stereocenters. The number of hydrogen-bond acceptors (Lipinski definition) is 5. The predicted octanol–water partition coefficient (Wildman–Crippen LogP) is 3.17. The molecule has 2 aromatic rings. The summed E-state index contributed by atoms with van der Waals surface area (Å²) in [4.78, 5) is 14.8. The molecule has 5 nitrogen and oxygen atoms in total. The fourth-order valence-corrected chi connectivity index (χ4v) is 3.16. The Kier molecular flexibility index (Phi) is 3.50. The van der Waals surface area contributed by atoms with E-state index in [1.165, 1.54) is 30.0 Å². The molecule has 1 unspecified atom stereocenters. The minimum atomic E-state index is -0.397. The topological polar surface area (TPSA) is 82.0 Å². The largest absolute Gasteiger partial charge is 0.322 e. The van der Waals surface area contributed by atoms with Gasteiger partial charge in [0, 0.05) is 23.4 Å². The lowest BCUT2D eigenvalue weighted by Gasteiger charge is -2.08. The van der Waals surface area contributed by atoms with Crippen LogP contribution in [0.4, 0.5) is 5.69 Å². The highest BCUT2D eigenvalue weighted by atomic mass is 32.1. The Morgan fingerprint density at radius 3 is 2.70 bits per heavy atom. The second-order valence-corrected chi connectivity index (χ2v) is 6.01. The number of hydrogen-bond donors (Lipinski definition) is 1. The van der Waals surface area contributed by atoms with Gasteiger partial charge in [0.15, 0.2) is 0 Å². The maximum absolute atomic E-state index is 10.6. The fraction of sp³-hybridized carbons (Fsp3) is 0.357. The molecule has 1 aromatic heterocycles. The fourth-order valence-electron chi connectivity index (χ4n) is 2.10. The summed E-state index contributed by atoms with van der Waals surface area (Å²) in [5, 5.41) is 13.8. The van der Waals surface area contributed by atoms with E-state index in [4.69, 9.17) is 5.73 Å². The Hall–Kier alpha value is -1.79. The molecule has 1 aliphatic carbocycles. The van der Waals surface area contributed by atoms with Crippen LogP contribution in [-0.2, 0) is 6.42 Å². The molecule has 1 aromatic carbocycles. The van der Waals surface area contributed by atoms with Gasteiger partial charge in [-0.15, -0.1) is 11.3 Å². The number of nitrogens with two attached hydrogens (primary N) is 1. The Labute approximate surface area is 120 Å². The lowest BCUT2D eigenvalue weighted by Crippen LogP contribution is -2.13. The quantitative estimate of drug-likeness (QED) is 0.677. The molecule has 1 aliphatic rings. The number of thiazole rings is 1. The van der Waals surface area contributed by atoms with Crippen LogP contribution in [0, 0.1) is 10.1 Å². The smallest absolute Gasteiger partial charge is 0.269 e. The van der Waals surface area contributed by atoms with Crippen LogP contribution >= 0.6 is 11.3 Å². The second kappa shape index (κ2) is 5.30. The van der Waals surface area contributed by atoms with Gasteiger partial charge in [0.1, 0.15) is 0 Å². The molecule has 0 radical (unpaired) electrons. The third kappa shape index (κ3) is 2.86. The van der Waals surface area contributed by atoms with Crippen LogP contribution < -0.4 is 5.73 Å². The Morgan fingerprint density at radius 1 is 1.40 bits per heavy atom. The van der Waals surface area contributed by atoms with Crippen LogP contribution in [-0.4, -0.2) is 9.91 Å². The molecule has 1 fully saturated rings. The van der Waals surface area contributed by atoms with Gasteiger partial charge in [-0.3, -0.25) is 10.1 Å². The highest BCUT2D eigenvalue weighted by Gasteiger charge is 2.27. The zero-order valence-electron chi connectivity index (χ0n) is 10.9. The van der Waals surface area contributed by atoms with Crippen molar-refractivity contribution in [3.63, 3.8) is 0 Å². The van der Waals surface area contributed by atoms with E-state index in [0.717, 1.165) is 11.3 Å². The van der Waals surface area contributed by atoms with Crippen LogP contribution in [0.15, 0.2) is 29.6 Å². The van der Waals surface area contributed by atoms with E-state index in [1.54, 1.807) is 23.5 Å². The first-order valence-electron chi connectivity index (χ1n) is 6.57. The molecule has 1 saturated carbocycles. The highest BCUT2D eigenvalue weighted by molar-refractivity contribution is 7.09. The molecule has 3 rings (SSSR count). The number of rotatable bonds is 5. The number of non-ortho nitro benzene ring substituents is 1. The number of aromatic nitrogens is 1. The van der Waals surface area contributed by atoms with Gasteiger partial charge in [0.05, 0.1) is 21.7 Å². The summed E-state index contributed by atoms with van der Waals surface area (Å²) in [7, 11) is 0. The molecular formula is C14H15N3O2S. The van der Waals surface area contributed by atoms with Crippen LogP contribution in [0.5, 0.6) is 0 Å². The summed E-state index contributed by atoms with van der Waals surface area (Å²) < 4.78 is 0. The molecular weight excluding hydrogens is 274 g/mol. The normalized spacial score (nSPS) is 16.1. The molecule has 20 heavy (non-hydrogen) atoms. The van der Waals surface area contributed by atoms with E-state index in [1.807, 2.05) is 5.38 Å². The van der Waals surface area contributed by atoms with Crippen molar-refractivity contribution in [3.8, 4) is 0 Å². The van der Waals surface area contributed by atoms with E-state index >= 15 is 0 Å². The van der Waals surface area contributed by atoms with E-state index in [9.17, 15) is 10.1 Å². The summed E-state index contributed by atoms with van der Waals surface area (Å²) in [5.41, 5.74) is 8.19. The average molecular weight is 289 g/mol. The van der Waals surface area contributed by atoms with Crippen molar-refractivity contribution >= 4 is 17.0 Å². The molecule has 2 N–H and O–H groups in total. The first-order valence-corrected chi connectivity index (χ1v) is 7.45. The molecule has 0 saturated heterocycles. The zero-order chi connectivity index (χ0) is 14.1. The first-order chi connectivity index (χ1) is 9.63. The molecule has 0 bridgehead atoms. The number of nitro benzene ring substituents is 1. The van der Waals surface area contributed by atoms with E-state index in [0.29, 0.717) is 12.3 Å². The van der Waals surface area contributed by atoms with E-state index < -0.39 is 4.92 Å². The van der Waals surface area contributed by atoms with Gasteiger partial charge >= 0.3 is 0 Å². The van der Waals surface area contributed by atoms with E-state index in [-0.39, 0.29) is 11.7 Å². The molecule has 1 heterocycles. The van der Waals surface area contributed by atoms with Gasteiger partial charge in [-0.2, -0.15) is 0 Å². The number of benzene rings is 1. The van der Waals surface area contributed by atoms with E-state index in [2.05, 4.69) is 4.98 Å². The Bertz CT molecular complexity index is 620. The van der Waals surface area contributed by atoms with Gasteiger partial charge in [-0.05, 0) is 24.8 Å². The van der Waals surface area contributed by atoms with Gasteiger partial charge in [0.2, 0.25) is 0 Å². The van der Waals surface area contributed by atoms with Crippen molar-refractivity contribution in [1.29, 1.82) is 0 Å². The van der Waals surface area contributed by atoms with Crippen LogP contribution in [0.3, 0.4) is 0 Å². The van der Waals surface area contributed by atoms with Crippen molar-refractivity contribution < 1.29 is 4.92 Å². The highest BCUT2D eigenvalue weighted by Crippen LogP contribution is 2.41. The summed E-state index contributed by atoms with van der Waals surface area (Å²) in [6.07, 6.45) is 3.13. The van der Waals surface area contributed by atoms with Crippen molar-refractivity contribution in [2.45, 2.75) is 31.2 Å². The zero-order valence-corrected chi connectivity index (χ0v) is 11.7. The minimum Gasteiger partial charge on any atom is -0.322 e. The van der Waals surface area contributed by atoms with Crippen molar-refractivity contribution in [1.82, 2.24) is 4.98 Å². The van der Waals surface area contributed by atoms with Crippen molar-refractivity contribution in [2.24, 2.45) is 5.73 Å². The lowest BCUT2D eigenvalue weighted by atomic mass is 10.0. The summed E-state index contributed by atoms with van der Waals surface area (Å²) in [5.74, 6) is 0.653. The SMILES string of the molecule is NC(Cc1ccc([N+](=O)[O-])cc1)c1csc(C2CC2)n1. The lowest BCUT2D eigenvalue weighted by molar-refractivity contribution is -0.384.